The molecule has 1 atom stereocenters. The molecular weight excluding hydrogens is 391 g/mol. The maximum atomic E-state index is 12.9. The van der Waals surface area contributed by atoms with Crippen molar-refractivity contribution in [2.75, 3.05) is 33.4 Å². The third kappa shape index (κ3) is 4.41. The summed E-state index contributed by atoms with van der Waals surface area (Å²) in [6.45, 7) is 2.74. The number of amides is 1. The molecule has 1 aliphatic rings. The van der Waals surface area contributed by atoms with E-state index in [1.54, 1.807) is 24.5 Å². The van der Waals surface area contributed by atoms with Crippen LogP contribution in [0.2, 0.25) is 10.0 Å². The van der Waals surface area contributed by atoms with E-state index in [1.165, 1.54) is 10.4 Å². The average molecular weight is 414 g/mol. The van der Waals surface area contributed by atoms with E-state index in [4.69, 9.17) is 27.9 Å². The van der Waals surface area contributed by atoms with Crippen LogP contribution in [-0.4, -0.2) is 44.2 Å². The number of halogens is 2. The van der Waals surface area contributed by atoms with Gasteiger partial charge in [-0.3, -0.25) is 4.79 Å². The van der Waals surface area contributed by atoms with E-state index in [0.29, 0.717) is 23.1 Å². The second-order valence-electron chi connectivity index (χ2n) is 6.33. The molecule has 2 aromatic rings. The normalized spacial score (nSPS) is 16.6. The second kappa shape index (κ2) is 9.20. The van der Waals surface area contributed by atoms with Crippen LogP contribution >= 0.6 is 34.5 Å². The Balaban J connectivity index is 1.81. The van der Waals surface area contributed by atoms with Crippen molar-refractivity contribution in [1.82, 2.24) is 4.90 Å². The van der Waals surface area contributed by atoms with Gasteiger partial charge in [0, 0.05) is 35.0 Å². The summed E-state index contributed by atoms with van der Waals surface area (Å²) >= 11 is 14.3. The van der Waals surface area contributed by atoms with Crippen molar-refractivity contribution in [3.05, 3.63) is 55.7 Å². The molecule has 4 nitrogen and oxygen atoms in total. The van der Waals surface area contributed by atoms with Crippen LogP contribution in [0.4, 0.5) is 0 Å². The van der Waals surface area contributed by atoms with Crippen LogP contribution in [0.1, 0.15) is 28.5 Å². The van der Waals surface area contributed by atoms with Crippen LogP contribution in [0.15, 0.2) is 29.6 Å². The van der Waals surface area contributed by atoms with Crippen LogP contribution in [0.3, 0.4) is 0 Å². The van der Waals surface area contributed by atoms with Crippen molar-refractivity contribution in [1.29, 1.82) is 0 Å². The maximum Gasteiger partial charge on any atom is 0.278 e. The van der Waals surface area contributed by atoms with E-state index in [9.17, 15) is 4.79 Å². The monoisotopic (exact) mass is 413 g/mol. The molecule has 2 N–H and O–H groups in total. The Morgan fingerprint density at radius 2 is 2.19 bits per heavy atom. The topological polar surface area (TPSA) is 46.1 Å². The first-order chi connectivity index (χ1) is 12.6. The predicted octanol–water partition coefficient (Wildman–Crippen LogP) is 3.13. The molecule has 3 rings (SSSR count). The number of fused-ring (bicyclic) bond motifs is 1. The number of ether oxygens (including phenoxy) is 1. The highest BCUT2D eigenvalue weighted by Gasteiger charge is 2.34. The summed E-state index contributed by atoms with van der Waals surface area (Å²) in [4.78, 5) is 16.2. The van der Waals surface area contributed by atoms with E-state index in [2.05, 4.69) is 11.4 Å². The van der Waals surface area contributed by atoms with Gasteiger partial charge >= 0.3 is 0 Å². The number of hydrogen-bond acceptors (Lipinski definition) is 3. The van der Waals surface area contributed by atoms with Crippen LogP contribution in [-0.2, 0) is 16.0 Å². The number of benzene rings is 1. The molecule has 0 saturated heterocycles. The van der Waals surface area contributed by atoms with Crippen molar-refractivity contribution < 1.29 is 14.8 Å². The number of hydrogen-bond donors (Lipinski definition) is 1. The van der Waals surface area contributed by atoms with Crippen molar-refractivity contribution in [2.45, 2.75) is 18.9 Å². The molecule has 0 spiro atoms. The number of nitrogens with two attached hydrogens (primary N) is 1. The Morgan fingerprint density at radius 3 is 2.96 bits per heavy atom. The summed E-state index contributed by atoms with van der Waals surface area (Å²) in [5.41, 5.74) is 2.11. The zero-order valence-electron chi connectivity index (χ0n) is 14.7. The lowest BCUT2D eigenvalue weighted by molar-refractivity contribution is -0.645. The lowest BCUT2D eigenvalue weighted by Crippen LogP contribution is -2.87. The smallest absolute Gasteiger partial charge is 0.278 e. The Bertz CT molecular complexity index is 766. The first-order valence-electron chi connectivity index (χ1n) is 8.73. The van der Waals surface area contributed by atoms with Crippen molar-refractivity contribution in [2.24, 2.45) is 0 Å². The highest BCUT2D eigenvalue weighted by molar-refractivity contribution is 7.10. The molecule has 0 radical (unpaired) electrons. The SMILES string of the molecule is COCCC[NH2+]CC(=O)N1CCc2sccc2[C@H]1c1ccc(Cl)cc1Cl. The van der Waals surface area contributed by atoms with Gasteiger partial charge in [0.25, 0.3) is 5.91 Å². The van der Waals surface area contributed by atoms with Gasteiger partial charge in [0.2, 0.25) is 0 Å². The van der Waals surface area contributed by atoms with E-state index in [-0.39, 0.29) is 11.9 Å². The summed E-state index contributed by atoms with van der Waals surface area (Å²) in [6.07, 6.45) is 1.83. The molecule has 0 saturated carbocycles. The summed E-state index contributed by atoms with van der Waals surface area (Å²) < 4.78 is 5.05. The third-order valence-electron chi connectivity index (χ3n) is 4.62. The quantitative estimate of drug-likeness (QED) is 0.708. The Labute approximate surface area is 168 Å². The van der Waals surface area contributed by atoms with Gasteiger partial charge in [-0.25, -0.2) is 0 Å². The van der Waals surface area contributed by atoms with E-state index in [1.807, 2.05) is 22.3 Å². The fourth-order valence-electron chi connectivity index (χ4n) is 3.36. The first-order valence-corrected chi connectivity index (χ1v) is 10.4. The minimum Gasteiger partial charge on any atom is -0.384 e. The van der Waals surface area contributed by atoms with E-state index < -0.39 is 0 Å². The predicted molar refractivity (Wildman–Crippen MR) is 106 cm³/mol. The Kier molecular flexibility index (Phi) is 6.95. The molecule has 1 aromatic heterocycles. The van der Waals surface area contributed by atoms with Crippen LogP contribution in [0.5, 0.6) is 0 Å². The number of carbonyl (C=O) groups excluding carboxylic acids is 1. The number of quaternary nitrogens is 1. The summed E-state index contributed by atoms with van der Waals surface area (Å²) in [5, 5.41) is 5.34. The summed E-state index contributed by atoms with van der Waals surface area (Å²) in [5.74, 6) is 0.135. The van der Waals surface area contributed by atoms with Crippen LogP contribution < -0.4 is 5.32 Å². The highest BCUT2D eigenvalue weighted by Crippen LogP contribution is 2.40. The molecule has 2 heterocycles. The molecule has 140 valence electrons. The van der Waals surface area contributed by atoms with E-state index in [0.717, 1.165) is 31.6 Å². The number of nitrogens with zero attached hydrogens (tertiary/aromatic N) is 1. The number of methoxy groups -OCH3 is 1. The van der Waals surface area contributed by atoms with Crippen molar-refractivity contribution in [3.8, 4) is 0 Å². The zero-order valence-corrected chi connectivity index (χ0v) is 17.0. The van der Waals surface area contributed by atoms with Gasteiger partial charge in [-0.15, -0.1) is 11.3 Å². The molecule has 1 aliphatic heterocycles. The highest BCUT2D eigenvalue weighted by atomic mass is 35.5. The number of thiophene rings is 1. The van der Waals surface area contributed by atoms with Crippen molar-refractivity contribution in [3.63, 3.8) is 0 Å². The zero-order chi connectivity index (χ0) is 18.5. The van der Waals surface area contributed by atoms with Gasteiger partial charge in [-0.1, -0.05) is 29.3 Å². The minimum atomic E-state index is -0.144. The first kappa shape index (κ1) is 19.6. The van der Waals surface area contributed by atoms with Gasteiger partial charge in [-0.05, 0) is 41.1 Å². The minimum absolute atomic E-state index is 0.135. The summed E-state index contributed by atoms with van der Waals surface area (Å²) in [6, 6.07) is 7.48. The van der Waals surface area contributed by atoms with Gasteiger partial charge in [-0.2, -0.15) is 0 Å². The fraction of sp³-hybridized carbons (Fsp3) is 0.421. The Hall–Kier alpha value is -1.11. The summed E-state index contributed by atoms with van der Waals surface area (Å²) in [7, 11) is 1.69. The molecule has 0 bridgehead atoms. The largest absolute Gasteiger partial charge is 0.384 e. The molecule has 0 unspecified atom stereocenters. The number of carbonyl (C=O) groups is 1. The molecule has 26 heavy (non-hydrogen) atoms. The fourth-order valence-corrected chi connectivity index (χ4v) is 4.77. The van der Waals surface area contributed by atoms with Crippen LogP contribution in [0, 0.1) is 0 Å². The number of rotatable bonds is 7. The molecule has 0 aliphatic carbocycles. The van der Waals surface area contributed by atoms with Crippen molar-refractivity contribution >= 4 is 40.4 Å². The van der Waals surface area contributed by atoms with Gasteiger partial charge in [0.1, 0.15) is 0 Å². The lowest BCUT2D eigenvalue weighted by atomic mass is 9.93. The second-order valence-corrected chi connectivity index (χ2v) is 8.18. The van der Waals surface area contributed by atoms with E-state index >= 15 is 0 Å². The molecule has 0 fully saturated rings. The molecular formula is C19H23Cl2N2O2S+. The third-order valence-corrected chi connectivity index (χ3v) is 6.18. The van der Waals surface area contributed by atoms with Gasteiger partial charge in [0.15, 0.2) is 6.54 Å². The molecule has 1 aromatic carbocycles. The lowest BCUT2D eigenvalue weighted by Gasteiger charge is -2.36. The maximum absolute atomic E-state index is 12.9. The molecule has 1 amide bonds. The standard InChI is InChI=1S/C19H22Cl2N2O2S/c1-25-9-2-7-22-12-18(24)23-8-5-17-15(6-10-26-17)19(23)14-4-3-13(20)11-16(14)21/h3-4,6,10-11,19,22H,2,5,7-9,12H2,1H3/p+1/t19-/m1/s1. The van der Waals surface area contributed by atoms with Gasteiger partial charge < -0.3 is 15.0 Å². The Morgan fingerprint density at radius 1 is 1.35 bits per heavy atom. The molecule has 7 heteroatoms. The van der Waals surface area contributed by atoms with Crippen LogP contribution in [0.25, 0.3) is 0 Å². The average Bonchev–Trinajstić information content (AvgIpc) is 3.10. The van der Waals surface area contributed by atoms with Gasteiger partial charge in [0.05, 0.1) is 19.2 Å².